The highest BCUT2D eigenvalue weighted by Gasteiger charge is 2.38. The van der Waals surface area contributed by atoms with Gasteiger partial charge in [0.25, 0.3) is 0 Å². The molecule has 1 atom stereocenters. The lowest BCUT2D eigenvalue weighted by Gasteiger charge is -2.31. The number of halogens is 3. The van der Waals surface area contributed by atoms with Gasteiger partial charge in [-0.05, 0) is 93.1 Å². The van der Waals surface area contributed by atoms with Crippen molar-refractivity contribution in [2.75, 3.05) is 25.0 Å². The number of piperidine rings is 1. The van der Waals surface area contributed by atoms with Crippen LogP contribution in [0.2, 0.25) is 0 Å². The van der Waals surface area contributed by atoms with E-state index < -0.39 is 12.1 Å². The van der Waals surface area contributed by atoms with E-state index in [1.54, 1.807) is 12.1 Å². The lowest BCUT2D eigenvalue weighted by Crippen LogP contribution is -2.32. The third-order valence-electron chi connectivity index (χ3n) is 6.30. The summed E-state index contributed by atoms with van der Waals surface area (Å²) < 4.78 is 44.3. The SMILES string of the molecule is Cc1ccc2c(OCCC(c3cccc(NC(=O)C(F)(F)F)c3)C3CCNCC3)cccc2n1. The Morgan fingerprint density at radius 3 is 2.68 bits per heavy atom. The van der Waals surface area contributed by atoms with E-state index in [2.05, 4.69) is 10.3 Å². The fraction of sp³-hybridized carbons (Fsp3) is 0.385. The molecule has 4 rings (SSSR count). The molecule has 5 nitrogen and oxygen atoms in total. The number of carbonyl (C=O) groups excluding carboxylic acids is 1. The average Bonchev–Trinajstić information content (AvgIpc) is 2.82. The van der Waals surface area contributed by atoms with Crippen molar-refractivity contribution >= 4 is 22.5 Å². The van der Waals surface area contributed by atoms with E-state index >= 15 is 0 Å². The van der Waals surface area contributed by atoms with Gasteiger partial charge in [0.1, 0.15) is 5.75 Å². The molecule has 0 saturated carbocycles. The maximum Gasteiger partial charge on any atom is 0.471 e. The average molecular weight is 472 g/mol. The summed E-state index contributed by atoms with van der Waals surface area (Å²) in [6.07, 6.45) is -2.27. The van der Waals surface area contributed by atoms with Crippen LogP contribution in [0.3, 0.4) is 0 Å². The maximum atomic E-state index is 12.7. The summed E-state index contributed by atoms with van der Waals surface area (Å²) in [6, 6.07) is 16.5. The fourth-order valence-electron chi connectivity index (χ4n) is 4.62. The molecule has 0 spiro atoms. The first-order chi connectivity index (χ1) is 16.3. The molecule has 180 valence electrons. The van der Waals surface area contributed by atoms with Crippen LogP contribution in [-0.4, -0.2) is 36.8 Å². The molecule has 1 saturated heterocycles. The molecule has 1 unspecified atom stereocenters. The summed E-state index contributed by atoms with van der Waals surface area (Å²) in [5, 5.41) is 6.28. The van der Waals surface area contributed by atoms with Gasteiger partial charge in [-0.3, -0.25) is 9.78 Å². The van der Waals surface area contributed by atoms with E-state index in [1.807, 2.05) is 48.6 Å². The molecule has 2 N–H and O–H groups in total. The normalized spacial score (nSPS) is 15.8. The second-order valence-electron chi connectivity index (χ2n) is 8.68. The molecule has 0 radical (unpaired) electrons. The van der Waals surface area contributed by atoms with Crippen molar-refractivity contribution in [2.24, 2.45) is 5.92 Å². The molecular formula is C26H28F3N3O2. The highest BCUT2D eigenvalue weighted by molar-refractivity contribution is 5.95. The minimum Gasteiger partial charge on any atom is -0.493 e. The second kappa shape index (κ2) is 10.4. The maximum absolute atomic E-state index is 12.7. The molecule has 34 heavy (non-hydrogen) atoms. The van der Waals surface area contributed by atoms with E-state index in [-0.39, 0.29) is 11.6 Å². The zero-order valence-corrected chi connectivity index (χ0v) is 19.0. The van der Waals surface area contributed by atoms with Crippen molar-refractivity contribution < 1.29 is 22.7 Å². The molecule has 1 aromatic heterocycles. The lowest BCUT2D eigenvalue weighted by molar-refractivity contribution is -0.167. The number of nitrogens with one attached hydrogen (secondary N) is 2. The van der Waals surface area contributed by atoms with Gasteiger partial charge in [0.15, 0.2) is 0 Å². The summed E-state index contributed by atoms with van der Waals surface area (Å²) in [7, 11) is 0. The van der Waals surface area contributed by atoms with Crippen LogP contribution in [0.15, 0.2) is 54.6 Å². The van der Waals surface area contributed by atoms with Crippen LogP contribution < -0.4 is 15.4 Å². The first-order valence-corrected chi connectivity index (χ1v) is 11.5. The largest absolute Gasteiger partial charge is 0.493 e. The molecule has 0 bridgehead atoms. The predicted octanol–water partition coefficient (Wildman–Crippen LogP) is 5.60. The Kier molecular flexibility index (Phi) is 7.36. The smallest absolute Gasteiger partial charge is 0.471 e. The highest BCUT2D eigenvalue weighted by atomic mass is 19.4. The first-order valence-electron chi connectivity index (χ1n) is 11.5. The van der Waals surface area contributed by atoms with Crippen molar-refractivity contribution in [2.45, 2.75) is 38.3 Å². The number of alkyl halides is 3. The standard InChI is InChI=1S/C26H28F3N3O2/c1-17-8-9-22-23(31-17)6-3-7-24(22)34-15-12-21(18-10-13-30-14-11-18)19-4-2-5-20(16-19)32-25(33)26(27,28)29/h2-9,16,18,21,30H,10-15H2,1H3,(H,32,33). The molecule has 8 heteroatoms. The van der Waals surface area contributed by atoms with Crippen molar-refractivity contribution in [1.29, 1.82) is 0 Å². The highest BCUT2D eigenvalue weighted by Crippen LogP contribution is 2.36. The number of fused-ring (bicyclic) bond motifs is 1. The number of rotatable bonds is 7. The van der Waals surface area contributed by atoms with Crippen molar-refractivity contribution in [3.8, 4) is 5.75 Å². The molecule has 0 aliphatic carbocycles. The van der Waals surface area contributed by atoms with Gasteiger partial charge in [-0.25, -0.2) is 0 Å². The number of anilines is 1. The predicted molar refractivity (Wildman–Crippen MR) is 126 cm³/mol. The van der Waals surface area contributed by atoms with E-state index in [0.29, 0.717) is 18.9 Å². The first kappa shape index (κ1) is 24.0. The Morgan fingerprint density at radius 1 is 1.15 bits per heavy atom. The Labute approximate surface area is 196 Å². The van der Waals surface area contributed by atoms with Gasteiger partial charge in [0, 0.05) is 16.8 Å². The number of carbonyl (C=O) groups is 1. The second-order valence-corrected chi connectivity index (χ2v) is 8.68. The van der Waals surface area contributed by atoms with Crippen LogP contribution in [-0.2, 0) is 4.79 Å². The molecule has 1 fully saturated rings. The number of ether oxygens (including phenoxy) is 1. The van der Waals surface area contributed by atoms with Gasteiger partial charge in [-0.15, -0.1) is 0 Å². The molecule has 1 amide bonds. The quantitative estimate of drug-likeness (QED) is 0.471. The van der Waals surface area contributed by atoms with E-state index in [4.69, 9.17) is 4.74 Å². The number of amides is 1. The fourth-order valence-corrected chi connectivity index (χ4v) is 4.62. The van der Waals surface area contributed by atoms with E-state index in [9.17, 15) is 18.0 Å². The number of pyridine rings is 1. The molecule has 1 aliphatic rings. The number of hydrogen-bond donors (Lipinski definition) is 2. The number of hydrogen-bond acceptors (Lipinski definition) is 4. The topological polar surface area (TPSA) is 63.2 Å². The van der Waals surface area contributed by atoms with Gasteiger partial charge in [0.2, 0.25) is 0 Å². The number of aryl methyl sites for hydroxylation is 1. The van der Waals surface area contributed by atoms with Gasteiger partial charge >= 0.3 is 12.1 Å². The number of aromatic nitrogens is 1. The number of nitrogens with zero attached hydrogens (tertiary/aromatic N) is 1. The van der Waals surface area contributed by atoms with Gasteiger partial charge in [-0.1, -0.05) is 18.2 Å². The summed E-state index contributed by atoms with van der Waals surface area (Å²) in [5.41, 5.74) is 2.87. The zero-order chi connectivity index (χ0) is 24.1. The van der Waals surface area contributed by atoms with Crippen molar-refractivity contribution in [3.05, 3.63) is 65.9 Å². The third-order valence-corrected chi connectivity index (χ3v) is 6.30. The summed E-state index contributed by atoms with van der Waals surface area (Å²) >= 11 is 0. The minimum atomic E-state index is -4.93. The minimum absolute atomic E-state index is 0.0974. The van der Waals surface area contributed by atoms with Crippen molar-refractivity contribution in [3.63, 3.8) is 0 Å². The van der Waals surface area contributed by atoms with Crippen molar-refractivity contribution in [1.82, 2.24) is 10.3 Å². The monoisotopic (exact) mass is 471 g/mol. The Morgan fingerprint density at radius 2 is 1.91 bits per heavy atom. The summed E-state index contributed by atoms with van der Waals surface area (Å²) in [6.45, 7) is 4.21. The lowest BCUT2D eigenvalue weighted by atomic mass is 9.78. The molecular weight excluding hydrogens is 443 g/mol. The van der Waals surface area contributed by atoms with Crippen LogP contribution >= 0.6 is 0 Å². The van der Waals surface area contributed by atoms with Gasteiger partial charge < -0.3 is 15.4 Å². The molecule has 2 aromatic carbocycles. The Hall–Kier alpha value is -3.13. The molecule has 2 heterocycles. The Bertz CT molecular complexity index is 1140. The molecule has 3 aromatic rings. The summed E-state index contributed by atoms with van der Waals surface area (Å²) in [5.74, 6) is -0.734. The van der Waals surface area contributed by atoms with E-state index in [1.165, 1.54) is 6.07 Å². The van der Waals surface area contributed by atoms with E-state index in [0.717, 1.165) is 53.8 Å². The van der Waals surface area contributed by atoms with Crippen LogP contribution in [0.4, 0.5) is 18.9 Å². The number of benzene rings is 2. The Balaban J connectivity index is 1.51. The zero-order valence-electron chi connectivity index (χ0n) is 19.0. The van der Waals surface area contributed by atoms with Crippen LogP contribution in [0.5, 0.6) is 5.75 Å². The van der Waals surface area contributed by atoms with Crippen LogP contribution in [0.1, 0.15) is 36.4 Å². The van der Waals surface area contributed by atoms with Gasteiger partial charge in [0.05, 0.1) is 12.1 Å². The molecule has 1 aliphatic heterocycles. The van der Waals surface area contributed by atoms with Crippen LogP contribution in [0, 0.1) is 12.8 Å². The van der Waals surface area contributed by atoms with Crippen LogP contribution in [0.25, 0.3) is 10.9 Å². The third kappa shape index (κ3) is 5.86. The summed E-state index contributed by atoms with van der Waals surface area (Å²) in [4.78, 5) is 16.0. The van der Waals surface area contributed by atoms with Gasteiger partial charge in [-0.2, -0.15) is 13.2 Å².